The lowest BCUT2D eigenvalue weighted by Gasteiger charge is -1.98. The average Bonchev–Trinajstić information content (AvgIpc) is 2.84. The Bertz CT molecular complexity index is 608. The molecule has 3 aromatic rings. The van der Waals surface area contributed by atoms with Crippen LogP contribution >= 0.6 is 0 Å². The molecule has 0 bridgehead atoms. The second kappa shape index (κ2) is 2.74. The number of nitrogens with two attached hydrogens (primary N) is 1. The van der Waals surface area contributed by atoms with Crippen LogP contribution in [0.3, 0.4) is 0 Å². The van der Waals surface area contributed by atoms with E-state index in [9.17, 15) is 0 Å². The van der Waals surface area contributed by atoms with Gasteiger partial charge in [0.2, 0.25) is 0 Å². The number of tetrazole rings is 1. The fraction of sp³-hybridized carbons (Fsp3) is 0. The van der Waals surface area contributed by atoms with Crippen molar-refractivity contribution >= 4 is 11.5 Å². The maximum Gasteiger partial charge on any atom is 0.200 e. The maximum atomic E-state index is 5.50. The first-order valence-electron chi connectivity index (χ1n) is 4.20. The number of fused-ring (bicyclic) bond motifs is 1. The smallest absolute Gasteiger partial charge is 0.200 e. The van der Waals surface area contributed by atoms with Crippen LogP contribution < -0.4 is 5.73 Å². The first-order chi connectivity index (χ1) is 7.33. The molecule has 8 nitrogen and oxygen atoms in total. The molecule has 3 aromatic heterocycles. The minimum atomic E-state index is 0.439. The van der Waals surface area contributed by atoms with Crippen molar-refractivity contribution < 1.29 is 0 Å². The Morgan fingerprint density at radius 3 is 2.87 bits per heavy atom. The van der Waals surface area contributed by atoms with Crippen LogP contribution in [-0.2, 0) is 0 Å². The van der Waals surface area contributed by atoms with Crippen molar-refractivity contribution in [3.05, 3.63) is 24.4 Å². The van der Waals surface area contributed by atoms with Crippen molar-refractivity contribution in [2.24, 2.45) is 0 Å². The molecule has 0 saturated heterocycles. The molecule has 0 amide bonds. The van der Waals surface area contributed by atoms with Gasteiger partial charge in [0.25, 0.3) is 0 Å². The van der Waals surface area contributed by atoms with Crippen LogP contribution in [0, 0.1) is 0 Å². The third-order valence-corrected chi connectivity index (χ3v) is 1.90. The Balaban J connectivity index is 2.18. The fourth-order valence-electron chi connectivity index (χ4n) is 1.23. The molecule has 0 aliphatic rings. The van der Waals surface area contributed by atoms with E-state index in [0.717, 1.165) is 0 Å². The summed E-state index contributed by atoms with van der Waals surface area (Å²) in [4.78, 5) is 0. The number of hydrogen-bond donors (Lipinski definition) is 1. The zero-order valence-corrected chi connectivity index (χ0v) is 7.52. The summed E-state index contributed by atoms with van der Waals surface area (Å²) in [6, 6.07) is 5.20. The van der Waals surface area contributed by atoms with Crippen molar-refractivity contribution in [3.8, 4) is 5.82 Å². The van der Waals surface area contributed by atoms with E-state index in [2.05, 4.69) is 25.7 Å². The molecule has 0 saturated carbocycles. The second-order valence-corrected chi connectivity index (χ2v) is 2.90. The molecule has 2 N–H and O–H groups in total. The maximum absolute atomic E-state index is 5.50. The van der Waals surface area contributed by atoms with Gasteiger partial charge in [-0.1, -0.05) is 0 Å². The van der Waals surface area contributed by atoms with Crippen LogP contribution in [0.4, 0.5) is 5.82 Å². The van der Waals surface area contributed by atoms with Crippen molar-refractivity contribution in [2.75, 3.05) is 5.73 Å². The van der Waals surface area contributed by atoms with E-state index in [4.69, 9.17) is 5.73 Å². The average molecular weight is 202 g/mol. The molecular formula is C7H6N8. The summed E-state index contributed by atoms with van der Waals surface area (Å²) in [6.07, 6.45) is 1.72. The molecule has 0 aromatic carbocycles. The van der Waals surface area contributed by atoms with E-state index in [1.165, 1.54) is 4.63 Å². The zero-order chi connectivity index (χ0) is 10.3. The van der Waals surface area contributed by atoms with E-state index in [-0.39, 0.29) is 0 Å². The Kier molecular flexibility index (Phi) is 1.43. The van der Waals surface area contributed by atoms with Gasteiger partial charge in [0.1, 0.15) is 5.82 Å². The number of nitrogens with zero attached hydrogens (tertiary/aromatic N) is 7. The van der Waals surface area contributed by atoms with Gasteiger partial charge < -0.3 is 5.73 Å². The number of anilines is 1. The van der Waals surface area contributed by atoms with Crippen molar-refractivity contribution in [2.45, 2.75) is 0 Å². The van der Waals surface area contributed by atoms with Crippen molar-refractivity contribution in [1.82, 2.24) is 35.0 Å². The molecule has 3 heterocycles. The number of rotatable bonds is 1. The number of aromatic nitrogens is 7. The van der Waals surface area contributed by atoms with E-state index >= 15 is 0 Å². The molecule has 0 radical (unpaired) electrons. The fourth-order valence-corrected chi connectivity index (χ4v) is 1.23. The quantitative estimate of drug-likeness (QED) is 0.559. The highest BCUT2D eigenvalue weighted by Gasteiger charge is 2.03. The van der Waals surface area contributed by atoms with Gasteiger partial charge in [0, 0.05) is 12.3 Å². The molecular weight excluding hydrogens is 196 g/mol. The highest BCUT2D eigenvalue weighted by atomic mass is 15.6. The van der Waals surface area contributed by atoms with Gasteiger partial charge in [0.15, 0.2) is 11.5 Å². The van der Waals surface area contributed by atoms with Crippen LogP contribution in [0.2, 0.25) is 0 Å². The predicted octanol–water partition coefficient (Wildman–Crippen LogP) is -0.713. The second-order valence-electron chi connectivity index (χ2n) is 2.90. The van der Waals surface area contributed by atoms with Crippen LogP contribution in [0.25, 0.3) is 11.5 Å². The summed E-state index contributed by atoms with van der Waals surface area (Å²) in [5.74, 6) is 1.04. The summed E-state index contributed by atoms with van der Waals surface area (Å²) >= 11 is 0. The van der Waals surface area contributed by atoms with E-state index in [1.807, 2.05) is 0 Å². The topological polar surface area (TPSA) is 99.8 Å². The monoisotopic (exact) mass is 202 g/mol. The highest BCUT2D eigenvalue weighted by molar-refractivity contribution is 5.37. The van der Waals surface area contributed by atoms with Crippen LogP contribution in [0.15, 0.2) is 24.4 Å². The van der Waals surface area contributed by atoms with E-state index in [0.29, 0.717) is 17.3 Å². The number of nitrogen functional groups attached to an aromatic ring is 1. The van der Waals surface area contributed by atoms with Gasteiger partial charge in [-0.3, -0.25) is 0 Å². The molecule has 0 atom stereocenters. The lowest BCUT2D eigenvalue weighted by atomic mass is 10.5. The molecule has 0 unspecified atom stereocenters. The van der Waals surface area contributed by atoms with Gasteiger partial charge in [-0.15, -0.1) is 19.9 Å². The summed E-state index contributed by atoms with van der Waals surface area (Å²) in [7, 11) is 0. The van der Waals surface area contributed by atoms with E-state index < -0.39 is 0 Å². The van der Waals surface area contributed by atoms with Crippen LogP contribution in [-0.4, -0.2) is 35.0 Å². The molecule has 0 aliphatic carbocycles. The SMILES string of the molecule is Nc1ccn(-c2ccc3nnnn3n2)n1. The predicted molar refractivity (Wildman–Crippen MR) is 50.1 cm³/mol. The first kappa shape index (κ1) is 7.85. The van der Waals surface area contributed by atoms with Crippen LogP contribution in [0.5, 0.6) is 0 Å². The van der Waals surface area contributed by atoms with Crippen LogP contribution in [0.1, 0.15) is 0 Å². The normalized spacial score (nSPS) is 10.9. The minimum Gasteiger partial charge on any atom is -0.382 e. The molecule has 15 heavy (non-hydrogen) atoms. The Morgan fingerprint density at radius 2 is 2.07 bits per heavy atom. The first-order valence-corrected chi connectivity index (χ1v) is 4.20. The van der Waals surface area contributed by atoms with Gasteiger partial charge in [0.05, 0.1) is 0 Å². The standard InChI is InChI=1S/C7H6N8/c8-5-3-4-14(10-5)7-2-1-6-9-12-13-15(6)11-7/h1-4H,(H2,8,10). The third kappa shape index (κ3) is 1.19. The highest BCUT2D eigenvalue weighted by Crippen LogP contribution is 2.05. The molecule has 0 aliphatic heterocycles. The van der Waals surface area contributed by atoms with Crippen molar-refractivity contribution in [3.63, 3.8) is 0 Å². The molecule has 0 spiro atoms. The summed E-state index contributed by atoms with van der Waals surface area (Å²) in [5, 5.41) is 19.1. The summed E-state index contributed by atoms with van der Waals surface area (Å²) < 4.78 is 2.88. The summed E-state index contributed by atoms with van der Waals surface area (Å²) in [6.45, 7) is 0. The summed E-state index contributed by atoms with van der Waals surface area (Å²) in [5.41, 5.74) is 6.08. The number of hydrogen-bond acceptors (Lipinski definition) is 6. The molecule has 0 fully saturated rings. The molecule has 74 valence electrons. The minimum absolute atomic E-state index is 0.439. The zero-order valence-electron chi connectivity index (χ0n) is 7.52. The van der Waals surface area contributed by atoms with Gasteiger partial charge in [-0.2, -0.15) is 0 Å². The van der Waals surface area contributed by atoms with E-state index in [1.54, 1.807) is 29.1 Å². The Labute approximate surface area is 83.3 Å². The Hall–Kier alpha value is -2.51. The largest absolute Gasteiger partial charge is 0.382 e. The van der Waals surface area contributed by atoms with Gasteiger partial charge in [-0.05, 0) is 22.6 Å². The lowest BCUT2D eigenvalue weighted by molar-refractivity contribution is 0.703. The molecule has 3 rings (SSSR count). The van der Waals surface area contributed by atoms with Crippen molar-refractivity contribution in [1.29, 1.82) is 0 Å². The van der Waals surface area contributed by atoms with Gasteiger partial charge in [-0.25, -0.2) is 4.68 Å². The third-order valence-electron chi connectivity index (χ3n) is 1.90. The Morgan fingerprint density at radius 1 is 1.13 bits per heavy atom. The van der Waals surface area contributed by atoms with Gasteiger partial charge >= 0.3 is 0 Å². The lowest BCUT2D eigenvalue weighted by Crippen LogP contribution is -2.04. The molecule has 8 heteroatoms.